The minimum Gasteiger partial charge on any atom is -0.496 e. The van der Waals surface area contributed by atoms with E-state index in [0.29, 0.717) is 0 Å². The fourth-order valence-electron chi connectivity index (χ4n) is 1.26. The van der Waals surface area contributed by atoms with E-state index in [1.807, 2.05) is 17.5 Å². The minimum absolute atomic E-state index is 0.0819. The number of ether oxygens (including phenoxy) is 1. The Morgan fingerprint density at radius 3 is 2.56 bits per heavy atom. The summed E-state index contributed by atoms with van der Waals surface area (Å²) in [5, 5.41) is 1.97. The molecule has 16 heavy (non-hydrogen) atoms. The van der Waals surface area contributed by atoms with Crippen LogP contribution >= 0.6 is 54.5 Å². The smallest absolute Gasteiger partial charge is 0.129 e. The maximum Gasteiger partial charge on any atom is 0.129 e. The number of methoxy groups -OCH3 is 1. The van der Waals surface area contributed by atoms with Crippen LogP contribution in [0.4, 0.5) is 0 Å². The zero-order valence-electron chi connectivity index (χ0n) is 8.37. The average molecular weight is 383 g/mol. The van der Waals surface area contributed by atoms with Gasteiger partial charge in [0.2, 0.25) is 0 Å². The van der Waals surface area contributed by atoms with Crippen molar-refractivity contribution in [1.29, 1.82) is 0 Å². The Hall–Kier alpha value is 0.120. The molecule has 0 aromatic carbocycles. The maximum atomic E-state index is 6.19. The number of rotatable bonds is 3. The Morgan fingerprint density at radius 1 is 1.31 bits per heavy atom. The molecule has 0 spiro atoms. The second kappa shape index (κ2) is 5.18. The molecule has 2 N–H and O–H groups in total. The Kier molecular flexibility index (Phi) is 4.07. The first-order valence-corrected chi connectivity index (χ1v) is 7.72. The highest BCUT2D eigenvalue weighted by Crippen LogP contribution is 2.38. The lowest BCUT2D eigenvalue weighted by atomic mass is 10.2. The van der Waals surface area contributed by atoms with E-state index < -0.39 is 0 Å². The molecular weight excluding hydrogens is 374 g/mol. The number of hydrogen-bond donors (Lipinski definition) is 1. The SMILES string of the molecule is COc1csc(C(N)c2cc(Br)c(Br)s2)c1. The summed E-state index contributed by atoms with van der Waals surface area (Å²) in [5.41, 5.74) is 6.19. The van der Waals surface area contributed by atoms with Crippen molar-refractivity contribution in [1.82, 2.24) is 0 Å². The molecule has 2 nitrogen and oxygen atoms in total. The molecule has 2 rings (SSSR count). The molecule has 1 atom stereocenters. The monoisotopic (exact) mass is 381 g/mol. The van der Waals surface area contributed by atoms with E-state index in [0.717, 1.165) is 23.8 Å². The zero-order valence-corrected chi connectivity index (χ0v) is 13.2. The van der Waals surface area contributed by atoms with E-state index in [-0.39, 0.29) is 6.04 Å². The summed E-state index contributed by atoms with van der Waals surface area (Å²) in [5.74, 6) is 0.866. The van der Waals surface area contributed by atoms with Crippen molar-refractivity contribution in [3.63, 3.8) is 0 Å². The van der Waals surface area contributed by atoms with Gasteiger partial charge in [-0.15, -0.1) is 22.7 Å². The third-order valence-electron chi connectivity index (χ3n) is 2.11. The van der Waals surface area contributed by atoms with E-state index in [2.05, 4.69) is 31.9 Å². The highest BCUT2D eigenvalue weighted by Gasteiger charge is 2.15. The molecular formula is C10H9Br2NOS2. The molecule has 6 heteroatoms. The van der Waals surface area contributed by atoms with Crippen molar-refractivity contribution in [2.24, 2.45) is 5.73 Å². The molecule has 1 unspecified atom stereocenters. The predicted octanol–water partition coefficient (Wildman–Crippen LogP) is 4.39. The van der Waals surface area contributed by atoms with Crippen LogP contribution in [-0.2, 0) is 0 Å². The summed E-state index contributed by atoms with van der Waals surface area (Å²) in [4.78, 5) is 2.24. The van der Waals surface area contributed by atoms with E-state index >= 15 is 0 Å². The van der Waals surface area contributed by atoms with Gasteiger partial charge in [-0.25, -0.2) is 0 Å². The second-order valence-corrected chi connectivity index (χ2v) is 7.34. The molecule has 0 amide bonds. The largest absolute Gasteiger partial charge is 0.496 e. The molecule has 0 aliphatic heterocycles. The average Bonchev–Trinajstić information content (AvgIpc) is 2.86. The van der Waals surface area contributed by atoms with Crippen molar-refractivity contribution in [2.45, 2.75) is 6.04 Å². The van der Waals surface area contributed by atoms with Gasteiger partial charge in [-0.1, -0.05) is 0 Å². The normalized spacial score (nSPS) is 12.8. The standard InChI is InChI=1S/C10H9Br2NOS2/c1-14-5-2-7(15-4-5)9(13)8-3-6(11)10(12)16-8/h2-4,9H,13H2,1H3. The molecule has 0 bridgehead atoms. The van der Waals surface area contributed by atoms with Gasteiger partial charge < -0.3 is 10.5 Å². The van der Waals surface area contributed by atoms with Gasteiger partial charge >= 0.3 is 0 Å². The van der Waals surface area contributed by atoms with Crippen LogP contribution in [0.25, 0.3) is 0 Å². The van der Waals surface area contributed by atoms with Gasteiger partial charge in [0, 0.05) is 19.6 Å². The Labute approximate surface area is 119 Å². The summed E-state index contributed by atoms with van der Waals surface area (Å²) in [6, 6.07) is 3.95. The molecule has 0 aliphatic rings. The van der Waals surface area contributed by atoms with Crippen LogP contribution in [0.1, 0.15) is 15.8 Å². The van der Waals surface area contributed by atoms with Crippen molar-refractivity contribution < 1.29 is 4.74 Å². The van der Waals surface area contributed by atoms with Crippen molar-refractivity contribution in [2.75, 3.05) is 7.11 Å². The molecule has 2 aromatic rings. The van der Waals surface area contributed by atoms with Crippen molar-refractivity contribution in [3.05, 3.63) is 35.5 Å². The topological polar surface area (TPSA) is 35.2 Å². The maximum absolute atomic E-state index is 6.19. The lowest BCUT2D eigenvalue weighted by Crippen LogP contribution is -2.07. The van der Waals surface area contributed by atoms with Crippen LogP contribution in [0.15, 0.2) is 25.8 Å². The highest BCUT2D eigenvalue weighted by atomic mass is 79.9. The minimum atomic E-state index is -0.0819. The first kappa shape index (κ1) is 12.6. The van der Waals surface area contributed by atoms with Crippen LogP contribution in [0.3, 0.4) is 0 Å². The molecule has 2 aromatic heterocycles. The fourth-order valence-corrected chi connectivity index (χ4v) is 4.32. The van der Waals surface area contributed by atoms with Crippen molar-refractivity contribution in [3.8, 4) is 5.75 Å². The van der Waals surface area contributed by atoms with E-state index in [4.69, 9.17) is 10.5 Å². The van der Waals surface area contributed by atoms with Gasteiger partial charge in [-0.3, -0.25) is 0 Å². The van der Waals surface area contributed by atoms with Gasteiger partial charge in [0.1, 0.15) is 5.75 Å². The molecule has 0 fully saturated rings. The number of hydrogen-bond acceptors (Lipinski definition) is 4. The zero-order chi connectivity index (χ0) is 11.7. The number of thiophene rings is 2. The van der Waals surface area contributed by atoms with Gasteiger partial charge in [-0.05, 0) is 44.0 Å². The van der Waals surface area contributed by atoms with Crippen LogP contribution in [0.5, 0.6) is 5.75 Å². The van der Waals surface area contributed by atoms with Crippen LogP contribution in [-0.4, -0.2) is 7.11 Å². The Morgan fingerprint density at radius 2 is 2.06 bits per heavy atom. The summed E-state index contributed by atoms with van der Waals surface area (Å²) >= 11 is 10.2. The van der Waals surface area contributed by atoms with Crippen LogP contribution in [0, 0.1) is 0 Å². The fraction of sp³-hybridized carbons (Fsp3) is 0.200. The third-order valence-corrected chi connectivity index (χ3v) is 6.44. The lowest BCUT2D eigenvalue weighted by Gasteiger charge is -2.05. The molecule has 0 saturated carbocycles. The molecule has 2 heterocycles. The highest BCUT2D eigenvalue weighted by molar-refractivity contribution is 9.13. The summed E-state index contributed by atoms with van der Waals surface area (Å²) in [7, 11) is 1.66. The summed E-state index contributed by atoms with van der Waals surface area (Å²) in [6.45, 7) is 0. The van der Waals surface area contributed by atoms with Gasteiger partial charge in [0.25, 0.3) is 0 Å². The van der Waals surface area contributed by atoms with Crippen molar-refractivity contribution >= 4 is 54.5 Å². The van der Waals surface area contributed by atoms with Gasteiger partial charge in [0.05, 0.1) is 16.9 Å². The second-order valence-electron chi connectivity index (χ2n) is 3.14. The molecule has 86 valence electrons. The third kappa shape index (κ3) is 2.51. The summed E-state index contributed by atoms with van der Waals surface area (Å²) in [6.07, 6.45) is 0. The lowest BCUT2D eigenvalue weighted by molar-refractivity contribution is 0.416. The predicted molar refractivity (Wildman–Crippen MR) is 76.6 cm³/mol. The number of halogens is 2. The molecule has 0 saturated heterocycles. The first-order valence-electron chi connectivity index (χ1n) is 4.44. The number of nitrogens with two attached hydrogens (primary N) is 1. The first-order chi connectivity index (χ1) is 7.61. The van der Waals surface area contributed by atoms with Gasteiger partial charge in [0.15, 0.2) is 0 Å². The quantitative estimate of drug-likeness (QED) is 0.854. The summed E-state index contributed by atoms with van der Waals surface area (Å²) < 4.78 is 7.27. The van der Waals surface area contributed by atoms with E-state index in [9.17, 15) is 0 Å². The van der Waals surface area contributed by atoms with Gasteiger partial charge in [-0.2, -0.15) is 0 Å². The van der Waals surface area contributed by atoms with Crippen LogP contribution < -0.4 is 10.5 Å². The molecule has 0 radical (unpaired) electrons. The Balaban J connectivity index is 2.27. The molecule has 0 aliphatic carbocycles. The Bertz CT molecular complexity index is 475. The van der Waals surface area contributed by atoms with Crippen LogP contribution in [0.2, 0.25) is 0 Å². The van der Waals surface area contributed by atoms with E-state index in [1.165, 1.54) is 0 Å². The van der Waals surface area contributed by atoms with E-state index in [1.54, 1.807) is 29.8 Å².